The molecule has 6 nitrogen and oxygen atoms in total. The van der Waals surface area contributed by atoms with Gasteiger partial charge >= 0.3 is 0 Å². The molecule has 0 bridgehead atoms. The number of halogens is 1. The maximum absolute atomic E-state index is 12.2. The number of carbonyl (C=O) groups excluding carboxylic acids is 1. The van der Waals surface area contributed by atoms with Crippen LogP contribution in [0.2, 0.25) is 5.02 Å². The van der Waals surface area contributed by atoms with Crippen molar-refractivity contribution in [3.8, 4) is 11.5 Å². The minimum Gasteiger partial charge on any atom is -0.497 e. The lowest BCUT2D eigenvalue weighted by Crippen LogP contribution is -2.43. The van der Waals surface area contributed by atoms with Gasteiger partial charge in [0.25, 0.3) is 5.91 Å². The molecule has 0 saturated heterocycles. The van der Waals surface area contributed by atoms with E-state index in [0.29, 0.717) is 27.8 Å². The second-order valence-corrected chi connectivity index (χ2v) is 5.45. The molecule has 2 rings (SSSR count). The minimum absolute atomic E-state index is 0.220. The first-order valence-corrected chi connectivity index (χ1v) is 7.67. The summed E-state index contributed by atoms with van der Waals surface area (Å²) in [6.07, 6.45) is 0. The highest BCUT2D eigenvalue weighted by molar-refractivity contribution is 7.80. The van der Waals surface area contributed by atoms with Gasteiger partial charge in [0.05, 0.1) is 19.8 Å². The molecule has 0 radical (unpaired) electrons. The third kappa shape index (κ3) is 4.74. The van der Waals surface area contributed by atoms with Crippen molar-refractivity contribution in [1.82, 2.24) is 10.9 Å². The van der Waals surface area contributed by atoms with E-state index in [4.69, 9.17) is 33.3 Å². The molecule has 0 fully saturated rings. The van der Waals surface area contributed by atoms with E-state index in [0.717, 1.165) is 0 Å². The van der Waals surface area contributed by atoms with Gasteiger partial charge in [0.15, 0.2) is 5.11 Å². The number of ether oxygens (including phenoxy) is 2. The average Bonchev–Trinajstić information content (AvgIpc) is 2.59. The van der Waals surface area contributed by atoms with E-state index >= 15 is 0 Å². The second-order valence-electron chi connectivity index (χ2n) is 4.61. The summed E-state index contributed by atoms with van der Waals surface area (Å²) in [5.41, 5.74) is 6.17. The number of thiocarbonyl (C=S) groups is 1. The number of hydrazine groups is 1. The van der Waals surface area contributed by atoms with Crippen LogP contribution in [0, 0.1) is 0 Å². The van der Waals surface area contributed by atoms with Crippen molar-refractivity contribution in [2.24, 2.45) is 0 Å². The molecule has 0 aliphatic carbocycles. The SMILES string of the molecule is COc1ccc(C(=O)NNC(=S)Nc2cccc(Cl)c2)c(OC)c1. The summed E-state index contributed by atoms with van der Waals surface area (Å²) in [6, 6.07) is 11.9. The van der Waals surface area contributed by atoms with Crippen LogP contribution in [0.25, 0.3) is 0 Å². The van der Waals surface area contributed by atoms with Gasteiger partial charge in [-0.3, -0.25) is 15.6 Å². The van der Waals surface area contributed by atoms with E-state index in [1.807, 2.05) is 0 Å². The summed E-state index contributed by atoms with van der Waals surface area (Å²) < 4.78 is 10.3. The molecule has 0 aliphatic heterocycles. The van der Waals surface area contributed by atoms with Crippen LogP contribution in [0.1, 0.15) is 10.4 Å². The molecule has 0 unspecified atom stereocenters. The Morgan fingerprint density at radius 1 is 1.08 bits per heavy atom. The Balaban J connectivity index is 1.96. The molecule has 24 heavy (non-hydrogen) atoms. The standard InChI is InChI=1S/C16H16ClN3O3S/c1-22-12-6-7-13(14(9-12)23-2)15(21)19-20-16(24)18-11-5-3-4-10(17)8-11/h3-9H,1-2H3,(H,19,21)(H2,18,20,24). The minimum atomic E-state index is -0.398. The fourth-order valence-electron chi connectivity index (χ4n) is 1.90. The Bertz CT molecular complexity index is 755. The molecule has 0 saturated carbocycles. The van der Waals surface area contributed by atoms with Gasteiger partial charge < -0.3 is 14.8 Å². The lowest BCUT2D eigenvalue weighted by atomic mass is 10.2. The average molecular weight is 366 g/mol. The summed E-state index contributed by atoms with van der Waals surface area (Å²) >= 11 is 11.0. The quantitative estimate of drug-likeness (QED) is 0.571. The molecule has 2 aromatic rings. The second kappa shape index (κ2) is 8.37. The van der Waals surface area contributed by atoms with Crippen LogP contribution in [0.15, 0.2) is 42.5 Å². The zero-order chi connectivity index (χ0) is 17.5. The topological polar surface area (TPSA) is 71.6 Å². The summed E-state index contributed by atoms with van der Waals surface area (Å²) in [5, 5.41) is 3.71. The van der Waals surface area contributed by atoms with Crippen LogP contribution >= 0.6 is 23.8 Å². The molecule has 0 spiro atoms. The van der Waals surface area contributed by atoms with Gasteiger partial charge in [-0.25, -0.2) is 0 Å². The molecule has 0 aliphatic rings. The molecule has 0 aromatic heterocycles. The van der Waals surface area contributed by atoms with Crippen molar-refractivity contribution in [3.63, 3.8) is 0 Å². The number of carbonyl (C=O) groups is 1. The first kappa shape index (κ1) is 17.8. The number of benzene rings is 2. The van der Waals surface area contributed by atoms with Gasteiger partial charge in [-0.05, 0) is 42.5 Å². The number of hydrogen-bond donors (Lipinski definition) is 3. The van der Waals surface area contributed by atoms with Gasteiger partial charge in [0.1, 0.15) is 11.5 Å². The zero-order valence-electron chi connectivity index (χ0n) is 13.1. The Kier molecular flexibility index (Phi) is 6.22. The summed E-state index contributed by atoms with van der Waals surface area (Å²) in [6.45, 7) is 0. The number of nitrogens with one attached hydrogen (secondary N) is 3. The summed E-state index contributed by atoms with van der Waals surface area (Å²) in [7, 11) is 3.01. The van der Waals surface area contributed by atoms with Gasteiger partial charge in [0.2, 0.25) is 0 Å². The number of methoxy groups -OCH3 is 2. The summed E-state index contributed by atoms with van der Waals surface area (Å²) in [5.74, 6) is 0.585. The van der Waals surface area contributed by atoms with E-state index in [1.165, 1.54) is 14.2 Å². The molecule has 1 amide bonds. The molecule has 126 valence electrons. The molecular weight excluding hydrogens is 350 g/mol. The Hall–Kier alpha value is -2.51. The molecule has 8 heteroatoms. The van der Waals surface area contributed by atoms with E-state index in [-0.39, 0.29) is 5.11 Å². The van der Waals surface area contributed by atoms with Crippen LogP contribution in [0.3, 0.4) is 0 Å². The van der Waals surface area contributed by atoms with Crippen LogP contribution in [0.5, 0.6) is 11.5 Å². The first-order valence-electron chi connectivity index (χ1n) is 6.88. The van der Waals surface area contributed by atoms with E-state index in [1.54, 1.807) is 42.5 Å². The lowest BCUT2D eigenvalue weighted by Gasteiger charge is -2.13. The molecule has 3 N–H and O–H groups in total. The molecule has 2 aromatic carbocycles. The Morgan fingerprint density at radius 3 is 2.54 bits per heavy atom. The normalized spacial score (nSPS) is 9.79. The monoisotopic (exact) mass is 365 g/mol. The van der Waals surface area contributed by atoms with Gasteiger partial charge in [-0.2, -0.15) is 0 Å². The Morgan fingerprint density at radius 2 is 1.88 bits per heavy atom. The number of amides is 1. The predicted molar refractivity (Wildman–Crippen MR) is 97.8 cm³/mol. The van der Waals surface area contributed by atoms with Gasteiger partial charge in [0, 0.05) is 16.8 Å². The fraction of sp³-hybridized carbons (Fsp3) is 0.125. The fourth-order valence-corrected chi connectivity index (χ4v) is 2.25. The largest absolute Gasteiger partial charge is 0.497 e. The highest BCUT2D eigenvalue weighted by Gasteiger charge is 2.13. The highest BCUT2D eigenvalue weighted by atomic mass is 35.5. The van der Waals surface area contributed by atoms with Gasteiger partial charge in [-0.1, -0.05) is 17.7 Å². The van der Waals surface area contributed by atoms with E-state index < -0.39 is 5.91 Å². The van der Waals surface area contributed by atoms with E-state index in [9.17, 15) is 4.79 Å². The highest BCUT2D eigenvalue weighted by Crippen LogP contribution is 2.24. The van der Waals surface area contributed by atoms with Gasteiger partial charge in [-0.15, -0.1) is 0 Å². The zero-order valence-corrected chi connectivity index (χ0v) is 14.6. The van der Waals surface area contributed by atoms with Crippen molar-refractivity contribution in [3.05, 3.63) is 53.1 Å². The lowest BCUT2D eigenvalue weighted by molar-refractivity contribution is 0.0941. The predicted octanol–water partition coefficient (Wildman–Crippen LogP) is 2.99. The van der Waals surface area contributed by atoms with Crippen molar-refractivity contribution in [2.75, 3.05) is 19.5 Å². The van der Waals surface area contributed by atoms with Crippen molar-refractivity contribution < 1.29 is 14.3 Å². The third-order valence-electron chi connectivity index (χ3n) is 3.03. The number of hydrogen-bond acceptors (Lipinski definition) is 4. The smallest absolute Gasteiger partial charge is 0.273 e. The molecule has 0 atom stereocenters. The van der Waals surface area contributed by atoms with E-state index in [2.05, 4.69) is 16.2 Å². The van der Waals surface area contributed by atoms with Crippen molar-refractivity contribution in [1.29, 1.82) is 0 Å². The third-order valence-corrected chi connectivity index (χ3v) is 3.46. The first-order chi connectivity index (χ1) is 11.5. The van der Waals surface area contributed by atoms with Crippen molar-refractivity contribution in [2.45, 2.75) is 0 Å². The van der Waals surface area contributed by atoms with Crippen molar-refractivity contribution >= 4 is 40.5 Å². The van der Waals surface area contributed by atoms with Crippen LogP contribution < -0.4 is 25.6 Å². The summed E-state index contributed by atoms with van der Waals surface area (Å²) in [4.78, 5) is 12.2. The van der Waals surface area contributed by atoms with Crippen LogP contribution in [-0.2, 0) is 0 Å². The maximum Gasteiger partial charge on any atom is 0.273 e. The maximum atomic E-state index is 12.2. The Labute approximate surface area is 150 Å². The molecular formula is C16H16ClN3O3S. The number of anilines is 1. The van der Waals surface area contributed by atoms with Crippen LogP contribution in [-0.4, -0.2) is 25.2 Å². The van der Waals surface area contributed by atoms with Crippen LogP contribution in [0.4, 0.5) is 5.69 Å². The molecule has 0 heterocycles. The number of rotatable bonds is 4.